The van der Waals surface area contributed by atoms with E-state index in [1.165, 1.54) is 0 Å². The molecule has 0 N–H and O–H groups in total. The van der Waals surface area contributed by atoms with E-state index in [9.17, 15) is 4.79 Å². The van der Waals surface area contributed by atoms with Crippen LogP contribution in [0.25, 0.3) is 11.1 Å². The summed E-state index contributed by atoms with van der Waals surface area (Å²) in [5.41, 5.74) is 1.11. The topological polar surface area (TPSA) is 43.1 Å². The summed E-state index contributed by atoms with van der Waals surface area (Å²) in [7, 11) is 0. The van der Waals surface area contributed by atoms with E-state index in [2.05, 4.69) is 17.6 Å². The average Bonchev–Trinajstić information content (AvgIpc) is 2.46. The van der Waals surface area contributed by atoms with Crippen molar-refractivity contribution in [3.63, 3.8) is 0 Å². The molecule has 13 heavy (non-hydrogen) atoms. The predicted octanol–water partition coefficient (Wildman–Crippen LogP) is 2.50. The molecule has 1 heterocycles. The molecule has 2 aromatic rings. The first-order chi connectivity index (χ1) is 6.16. The smallest absolute Gasteiger partial charge is 0.307 e. The van der Waals surface area contributed by atoms with Gasteiger partial charge in [-0.15, -0.1) is 12.6 Å². The molecule has 0 spiro atoms. The maximum absolute atomic E-state index is 10.7. The molecule has 0 saturated carbocycles. The van der Waals surface area contributed by atoms with Crippen LogP contribution in [0.5, 0.6) is 0 Å². The van der Waals surface area contributed by atoms with Gasteiger partial charge in [0, 0.05) is 4.90 Å². The third kappa shape index (κ3) is 1.55. The van der Waals surface area contributed by atoms with Gasteiger partial charge in [0.05, 0.1) is 0 Å². The molecule has 0 aliphatic rings. The first-order valence-corrected chi connectivity index (χ1v) is 4.29. The molecule has 0 radical (unpaired) electrons. The Balaban J connectivity index is 2.68. The minimum Gasteiger partial charge on any atom is -0.433 e. The third-order valence-electron chi connectivity index (χ3n) is 1.54. The van der Waals surface area contributed by atoms with Crippen molar-refractivity contribution in [1.82, 2.24) is 4.98 Å². The van der Waals surface area contributed by atoms with E-state index in [1.807, 2.05) is 0 Å². The van der Waals surface area contributed by atoms with Gasteiger partial charge in [-0.25, -0.2) is 4.98 Å². The van der Waals surface area contributed by atoms with Gasteiger partial charge < -0.3 is 4.42 Å². The summed E-state index contributed by atoms with van der Waals surface area (Å²) in [6, 6.07) is 5.15. The first-order valence-electron chi connectivity index (χ1n) is 3.46. The molecule has 5 heteroatoms. The number of carbonyl (C=O) groups excluding carboxylic acids is 1. The molecule has 0 aliphatic heterocycles. The Kier molecular flexibility index (Phi) is 2.01. The number of fused-ring (bicyclic) bond motifs is 1. The van der Waals surface area contributed by atoms with Gasteiger partial charge in [0.15, 0.2) is 5.58 Å². The first kappa shape index (κ1) is 8.59. The van der Waals surface area contributed by atoms with Crippen molar-refractivity contribution in [3.8, 4) is 0 Å². The highest BCUT2D eigenvalue weighted by Crippen LogP contribution is 2.19. The van der Waals surface area contributed by atoms with Crippen molar-refractivity contribution in [1.29, 1.82) is 0 Å². The van der Waals surface area contributed by atoms with Gasteiger partial charge in [0.1, 0.15) is 5.52 Å². The van der Waals surface area contributed by atoms with E-state index < -0.39 is 5.24 Å². The molecule has 0 fully saturated rings. The molecular weight excluding hydrogens is 210 g/mol. The maximum Gasteiger partial charge on any atom is 0.307 e. The average molecular weight is 214 g/mol. The van der Waals surface area contributed by atoms with Crippen molar-refractivity contribution in [2.75, 3.05) is 0 Å². The molecule has 0 bridgehead atoms. The summed E-state index contributed by atoms with van der Waals surface area (Å²) >= 11 is 9.32. The van der Waals surface area contributed by atoms with Crippen LogP contribution in [0.4, 0.5) is 0 Å². The number of thiol groups is 1. The molecule has 0 atom stereocenters. The van der Waals surface area contributed by atoms with Gasteiger partial charge in [-0.2, -0.15) is 0 Å². The monoisotopic (exact) mass is 213 g/mol. The molecule has 0 saturated heterocycles. The Bertz CT molecular complexity index is 480. The molecule has 2 rings (SSSR count). The zero-order valence-electron chi connectivity index (χ0n) is 6.32. The van der Waals surface area contributed by atoms with Crippen molar-refractivity contribution in [3.05, 3.63) is 24.1 Å². The Morgan fingerprint density at radius 2 is 2.31 bits per heavy atom. The summed E-state index contributed by atoms with van der Waals surface area (Å²) in [5, 5.41) is -0.697. The lowest BCUT2D eigenvalue weighted by Crippen LogP contribution is -1.85. The molecule has 1 aromatic heterocycles. The summed E-state index contributed by atoms with van der Waals surface area (Å²) in [4.78, 5) is 15.3. The molecule has 66 valence electrons. The predicted molar refractivity (Wildman–Crippen MR) is 51.4 cm³/mol. The van der Waals surface area contributed by atoms with Crippen LogP contribution in [0, 0.1) is 0 Å². The normalized spacial score (nSPS) is 10.6. The molecule has 0 amide bonds. The minimum atomic E-state index is -0.697. The molecule has 1 aromatic carbocycles. The number of carbonyl (C=O) groups is 1. The van der Waals surface area contributed by atoms with Gasteiger partial charge in [-0.05, 0) is 29.8 Å². The van der Waals surface area contributed by atoms with Crippen LogP contribution in [0.3, 0.4) is 0 Å². The summed E-state index contributed by atoms with van der Waals surface area (Å²) in [5.74, 6) is -0.0874. The van der Waals surface area contributed by atoms with Crippen molar-refractivity contribution in [2.24, 2.45) is 0 Å². The van der Waals surface area contributed by atoms with Gasteiger partial charge in [-0.1, -0.05) is 0 Å². The number of halogens is 1. The fraction of sp³-hybridized carbons (Fsp3) is 0. The van der Waals surface area contributed by atoms with Crippen LogP contribution in [-0.4, -0.2) is 10.2 Å². The van der Waals surface area contributed by atoms with Crippen LogP contribution < -0.4 is 0 Å². The standard InChI is InChI=1S/C8H4ClNO2S/c9-7(11)8-10-5-2-1-4(13)3-6(5)12-8/h1-3,13H. The molecular formula is C8H4ClNO2S. The summed E-state index contributed by atoms with van der Waals surface area (Å²) < 4.78 is 5.07. The van der Waals surface area contributed by atoms with E-state index in [-0.39, 0.29) is 5.89 Å². The highest BCUT2D eigenvalue weighted by molar-refractivity contribution is 7.80. The number of nitrogens with zero attached hydrogens (tertiary/aromatic N) is 1. The molecule has 3 nitrogen and oxygen atoms in total. The van der Waals surface area contributed by atoms with E-state index in [0.717, 1.165) is 4.90 Å². The van der Waals surface area contributed by atoms with Crippen molar-refractivity contribution in [2.45, 2.75) is 4.90 Å². The maximum atomic E-state index is 10.7. The second-order valence-corrected chi connectivity index (χ2v) is 3.30. The van der Waals surface area contributed by atoms with E-state index in [4.69, 9.17) is 16.0 Å². The number of hydrogen-bond acceptors (Lipinski definition) is 4. The SMILES string of the molecule is O=C(Cl)c1nc2ccc(S)cc2o1. The Hall–Kier alpha value is -1.00. The lowest BCUT2D eigenvalue weighted by atomic mass is 10.3. The summed E-state index contributed by atoms with van der Waals surface area (Å²) in [6.45, 7) is 0. The zero-order valence-corrected chi connectivity index (χ0v) is 7.97. The fourth-order valence-electron chi connectivity index (χ4n) is 0.997. The Morgan fingerprint density at radius 3 is 3.00 bits per heavy atom. The van der Waals surface area contributed by atoms with Crippen molar-refractivity contribution < 1.29 is 9.21 Å². The Morgan fingerprint density at radius 1 is 1.54 bits per heavy atom. The second-order valence-electron chi connectivity index (χ2n) is 2.44. The van der Waals surface area contributed by atoms with Gasteiger partial charge in [-0.3, -0.25) is 4.79 Å². The minimum absolute atomic E-state index is 0.0874. The number of benzene rings is 1. The van der Waals surface area contributed by atoms with E-state index in [0.29, 0.717) is 11.1 Å². The Labute approximate surface area is 84.1 Å². The number of oxazole rings is 1. The second kappa shape index (κ2) is 3.05. The number of aromatic nitrogens is 1. The van der Waals surface area contributed by atoms with Gasteiger partial charge in [0.2, 0.25) is 0 Å². The van der Waals surface area contributed by atoms with Gasteiger partial charge >= 0.3 is 5.24 Å². The van der Waals surface area contributed by atoms with Crippen LogP contribution in [-0.2, 0) is 0 Å². The quantitative estimate of drug-likeness (QED) is 0.585. The lowest BCUT2D eigenvalue weighted by Gasteiger charge is -1.86. The largest absolute Gasteiger partial charge is 0.433 e. The van der Waals surface area contributed by atoms with Crippen molar-refractivity contribution >= 4 is 40.6 Å². The van der Waals surface area contributed by atoms with Gasteiger partial charge in [0.25, 0.3) is 5.89 Å². The van der Waals surface area contributed by atoms with E-state index in [1.54, 1.807) is 18.2 Å². The van der Waals surface area contributed by atoms with Crippen LogP contribution in [0.15, 0.2) is 27.5 Å². The molecule has 0 aliphatic carbocycles. The van der Waals surface area contributed by atoms with Crippen LogP contribution >= 0.6 is 24.2 Å². The zero-order chi connectivity index (χ0) is 9.42. The third-order valence-corrected chi connectivity index (χ3v) is 1.98. The fourth-order valence-corrected chi connectivity index (χ4v) is 1.27. The number of rotatable bonds is 1. The van der Waals surface area contributed by atoms with Crippen LogP contribution in [0.2, 0.25) is 0 Å². The summed E-state index contributed by atoms with van der Waals surface area (Å²) in [6.07, 6.45) is 0. The van der Waals surface area contributed by atoms with E-state index >= 15 is 0 Å². The highest BCUT2D eigenvalue weighted by atomic mass is 35.5. The highest BCUT2D eigenvalue weighted by Gasteiger charge is 2.10. The molecule has 0 unspecified atom stereocenters. The number of hydrogen-bond donors (Lipinski definition) is 1. The van der Waals surface area contributed by atoms with Crippen LogP contribution in [0.1, 0.15) is 10.7 Å². The lowest BCUT2D eigenvalue weighted by molar-refractivity contribution is 0.105.